The number of piperazine rings is 1. The Morgan fingerprint density at radius 3 is 2.61 bits per heavy atom. The van der Waals surface area contributed by atoms with Crippen molar-refractivity contribution in [3.8, 4) is 0 Å². The highest BCUT2D eigenvalue weighted by Gasteiger charge is 2.24. The summed E-state index contributed by atoms with van der Waals surface area (Å²) in [4.78, 5) is 37.0. The highest BCUT2D eigenvalue weighted by Crippen LogP contribution is 2.28. The third-order valence-electron chi connectivity index (χ3n) is 6.20. The van der Waals surface area contributed by atoms with Gasteiger partial charge in [0.1, 0.15) is 11.3 Å². The molecular formula is C23H28N8O2. The molecule has 33 heavy (non-hydrogen) atoms. The van der Waals surface area contributed by atoms with Gasteiger partial charge in [0.15, 0.2) is 5.82 Å². The molecule has 5 heterocycles. The lowest BCUT2D eigenvalue weighted by molar-refractivity contribution is -0.119. The van der Waals surface area contributed by atoms with Crippen LogP contribution in [-0.2, 0) is 11.4 Å². The van der Waals surface area contributed by atoms with E-state index in [-0.39, 0.29) is 12.5 Å². The lowest BCUT2D eigenvalue weighted by Crippen LogP contribution is -2.44. The number of aliphatic hydroxyl groups excluding tert-OH is 1. The maximum atomic E-state index is 12.5. The largest absolute Gasteiger partial charge is 0.390 e. The molecule has 3 aromatic heterocycles. The number of likely N-dealkylation sites (N-methyl/N-ethyl adjacent to an activating group) is 1. The van der Waals surface area contributed by atoms with E-state index in [1.807, 2.05) is 12.3 Å². The average molecular weight is 449 g/mol. The van der Waals surface area contributed by atoms with Gasteiger partial charge in [0, 0.05) is 50.7 Å². The van der Waals surface area contributed by atoms with Gasteiger partial charge in [0.2, 0.25) is 11.9 Å². The number of piperidine rings is 1. The van der Waals surface area contributed by atoms with Crippen molar-refractivity contribution in [3.05, 3.63) is 36.3 Å². The summed E-state index contributed by atoms with van der Waals surface area (Å²) in [6, 6.07) is 5.72. The topological polar surface area (TPSA) is 111 Å². The van der Waals surface area contributed by atoms with Crippen molar-refractivity contribution in [1.29, 1.82) is 0 Å². The van der Waals surface area contributed by atoms with Gasteiger partial charge in [-0.3, -0.25) is 9.69 Å². The zero-order valence-electron chi connectivity index (χ0n) is 18.7. The lowest BCUT2D eigenvalue weighted by Gasteiger charge is -2.33. The smallest absolute Gasteiger partial charge is 0.229 e. The Kier molecular flexibility index (Phi) is 6.01. The number of pyridine rings is 2. The monoisotopic (exact) mass is 448 g/mol. The molecule has 0 atom stereocenters. The molecule has 0 aliphatic carbocycles. The van der Waals surface area contributed by atoms with E-state index in [4.69, 9.17) is 0 Å². The first-order chi connectivity index (χ1) is 16.1. The van der Waals surface area contributed by atoms with E-state index in [1.165, 1.54) is 0 Å². The fraction of sp³-hybridized carbons (Fsp3) is 0.435. The number of anilines is 4. The molecule has 0 aromatic carbocycles. The molecule has 2 saturated heterocycles. The number of nitrogens with one attached hydrogen (secondary N) is 1. The fourth-order valence-electron chi connectivity index (χ4n) is 4.26. The summed E-state index contributed by atoms with van der Waals surface area (Å²) in [5.41, 5.74) is 2.16. The van der Waals surface area contributed by atoms with Crippen LogP contribution in [0.15, 0.2) is 30.6 Å². The van der Waals surface area contributed by atoms with Crippen LogP contribution >= 0.6 is 0 Å². The Bertz CT molecular complexity index is 1150. The van der Waals surface area contributed by atoms with Crippen LogP contribution < -0.4 is 15.1 Å². The van der Waals surface area contributed by atoms with E-state index in [0.29, 0.717) is 41.8 Å². The summed E-state index contributed by atoms with van der Waals surface area (Å²) in [5.74, 6) is 1.53. The second-order valence-electron chi connectivity index (χ2n) is 8.55. The molecule has 0 unspecified atom stereocenters. The van der Waals surface area contributed by atoms with E-state index in [1.54, 1.807) is 17.2 Å². The average Bonchev–Trinajstić information content (AvgIpc) is 2.85. The molecule has 2 aliphatic heterocycles. The van der Waals surface area contributed by atoms with Crippen LogP contribution in [0.4, 0.5) is 23.3 Å². The third kappa shape index (κ3) is 4.57. The molecule has 1 amide bonds. The minimum Gasteiger partial charge on any atom is -0.390 e. The van der Waals surface area contributed by atoms with Gasteiger partial charge in [-0.2, -0.15) is 0 Å². The van der Waals surface area contributed by atoms with Crippen LogP contribution in [0.3, 0.4) is 0 Å². The molecule has 5 rings (SSSR count). The normalized spacial score (nSPS) is 17.6. The van der Waals surface area contributed by atoms with Crippen molar-refractivity contribution in [3.63, 3.8) is 0 Å². The molecule has 2 fully saturated rings. The number of rotatable bonds is 5. The molecule has 172 valence electrons. The maximum absolute atomic E-state index is 12.5. The number of nitrogens with zero attached hydrogens (tertiary/aromatic N) is 7. The van der Waals surface area contributed by atoms with Crippen molar-refractivity contribution in [1.82, 2.24) is 24.8 Å². The van der Waals surface area contributed by atoms with Crippen molar-refractivity contribution < 1.29 is 9.90 Å². The van der Waals surface area contributed by atoms with Gasteiger partial charge < -0.3 is 20.2 Å². The summed E-state index contributed by atoms with van der Waals surface area (Å²) >= 11 is 0. The molecule has 0 bridgehead atoms. The van der Waals surface area contributed by atoms with E-state index in [2.05, 4.69) is 48.2 Å². The van der Waals surface area contributed by atoms with Gasteiger partial charge in [0.05, 0.1) is 24.2 Å². The van der Waals surface area contributed by atoms with Crippen molar-refractivity contribution in [2.24, 2.45) is 0 Å². The Hall–Kier alpha value is -3.37. The lowest BCUT2D eigenvalue weighted by atomic mass is 10.1. The second kappa shape index (κ2) is 9.24. The first-order valence-electron chi connectivity index (χ1n) is 11.4. The summed E-state index contributed by atoms with van der Waals surface area (Å²) in [6.07, 6.45) is 5.83. The zero-order valence-corrected chi connectivity index (χ0v) is 18.7. The van der Waals surface area contributed by atoms with Crippen molar-refractivity contribution in [2.75, 3.05) is 54.9 Å². The van der Waals surface area contributed by atoms with Gasteiger partial charge in [-0.05, 0) is 38.1 Å². The SMILES string of the molecule is CN1CCN(c2ccc(Nc3ncc4cc(CO)nc(N5CCCCC5=O)c4n3)nc2)CC1. The highest BCUT2D eigenvalue weighted by atomic mass is 16.3. The number of hydrogen-bond acceptors (Lipinski definition) is 9. The minimum atomic E-state index is -0.214. The number of amides is 1. The summed E-state index contributed by atoms with van der Waals surface area (Å²) in [6.45, 7) is 4.43. The number of aliphatic hydroxyl groups is 1. The summed E-state index contributed by atoms with van der Waals surface area (Å²) < 4.78 is 0. The number of fused-ring (bicyclic) bond motifs is 1. The predicted molar refractivity (Wildman–Crippen MR) is 127 cm³/mol. The molecule has 2 N–H and O–H groups in total. The molecule has 10 heteroatoms. The summed E-state index contributed by atoms with van der Waals surface area (Å²) in [7, 11) is 2.14. The Labute approximate surface area is 192 Å². The first-order valence-corrected chi connectivity index (χ1v) is 11.4. The van der Waals surface area contributed by atoms with E-state index in [9.17, 15) is 9.90 Å². The van der Waals surface area contributed by atoms with Gasteiger partial charge in [0.25, 0.3) is 0 Å². The standard InChI is InChI=1S/C23H28N8O2/c1-29-8-10-30(11-9-29)18-5-6-19(24-14-18)27-23-25-13-16-12-17(15-32)26-22(21(16)28-23)31-7-3-2-4-20(31)33/h5-6,12-14,32H,2-4,7-11,15H2,1H3,(H,24,25,27,28). The number of aromatic nitrogens is 4. The Balaban J connectivity index is 1.41. The van der Waals surface area contributed by atoms with Crippen LogP contribution in [0.25, 0.3) is 10.9 Å². The molecular weight excluding hydrogens is 420 g/mol. The minimum absolute atomic E-state index is 0.0272. The van der Waals surface area contributed by atoms with Crippen LogP contribution in [0.1, 0.15) is 25.0 Å². The number of hydrogen-bond donors (Lipinski definition) is 2. The van der Waals surface area contributed by atoms with Gasteiger partial charge >= 0.3 is 0 Å². The van der Waals surface area contributed by atoms with Crippen molar-refractivity contribution >= 4 is 40.1 Å². The first kappa shape index (κ1) is 21.5. The van der Waals surface area contributed by atoms with Crippen LogP contribution in [0.2, 0.25) is 0 Å². The van der Waals surface area contributed by atoms with E-state index in [0.717, 1.165) is 50.1 Å². The number of carbonyl (C=O) groups is 1. The molecule has 0 radical (unpaired) electrons. The van der Waals surface area contributed by atoms with Crippen LogP contribution in [0, 0.1) is 0 Å². The quantitative estimate of drug-likeness (QED) is 0.605. The Morgan fingerprint density at radius 1 is 1.03 bits per heavy atom. The summed E-state index contributed by atoms with van der Waals surface area (Å²) in [5, 5.41) is 13.5. The molecule has 2 aliphatic rings. The molecule has 0 spiro atoms. The maximum Gasteiger partial charge on any atom is 0.229 e. The highest BCUT2D eigenvalue weighted by molar-refractivity contribution is 6.01. The van der Waals surface area contributed by atoms with Crippen LogP contribution in [-0.4, -0.2) is 75.6 Å². The van der Waals surface area contributed by atoms with E-state index < -0.39 is 0 Å². The van der Waals surface area contributed by atoms with Gasteiger partial charge in [-0.15, -0.1) is 0 Å². The predicted octanol–water partition coefficient (Wildman–Crippen LogP) is 1.92. The number of carbonyl (C=O) groups excluding carboxylic acids is 1. The van der Waals surface area contributed by atoms with E-state index >= 15 is 0 Å². The third-order valence-corrected chi connectivity index (χ3v) is 6.20. The van der Waals surface area contributed by atoms with Gasteiger partial charge in [-0.25, -0.2) is 19.9 Å². The molecule has 3 aromatic rings. The second-order valence-corrected chi connectivity index (χ2v) is 8.55. The molecule has 10 nitrogen and oxygen atoms in total. The zero-order chi connectivity index (χ0) is 22.8. The fourth-order valence-corrected chi connectivity index (χ4v) is 4.26. The van der Waals surface area contributed by atoms with Crippen molar-refractivity contribution in [2.45, 2.75) is 25.9 Å². The Morgan fingerprint density at radius 2 is 1.88 bits per heavy atom. The van der Waals surface area contributed by atoms with Gasteiger partial charge in [-0.1, -0.05) is 0 Å². The molecule has 0 saturated carbocycles. The van der Waals surface area contributed by atoms with Crippen LogP contribution in [0.5, 0.6) is 0 Å².